The number of hydrogen-bond donors (Lipinski definition) is 2. The van der Waals surface area contributed by atoms with Crippen LogP contribution in [0.5, 0.6) is 0 Å². The summed E-state index contributed by atoms with van der Waals surface area (Å²) in [6.45, 7) is 4.48. The number of benzene rings is 1. The number of carbonyl (C=O) groups is 1. The molecule has 0 heterocycles. The van der Waals surface area contributed by atoms with Gasteiger partial charge in [0.15, 0.2) is 0 Å². The highest BCUT2D eigenvalue weighted by molar-refractivity contribution is 5.94. The molecule has 0 saturated carbocycles. The quantitative estimate of drug-likeness (QED) is 0.818. The molecule has 0 bridgehead atoms. The first-order chi connectivity index (χ1) is 8.13. The third-order valence-corrected chi connectivity index (χ3v) is 2.24. The predicted octanol–water partition coefficient (Wildman–Crippen LogP) is 2.08. The van der Waals surface area contributed by atoms with E-state index in [0.29, 0.717) is 11.5 Å². The van der Waals surface area contributed by atoms with Crippen LogP contribution in [0, 0.1) is 5.92 Å². The van der Waals surface area contributed by atoms with Crippen LogP contribution >= 0.6 is 0 Å². The van der Waals surface area contributed by atoms with E-state index in [2.05, 4.69) is 25.2 Å². The van der Waals surface area contributed by atoms with E-state index in [4.69, 9.17) is 5.11 Å². The van der Waals surface area contributed by atoms with Crippen LogP contribution in [-0.4, -0.2) is 24.2 Å². The van der Waals surface area contributed by atoms with Crippen molar-refractivity contribution in [3.63, 3.8) is 0 Å². The zero-order chi connectivity index (χ0) is 12.7. The standard InChI is InChI=1S/C14H19NO2/c1-11(2)3-4-12-5-7-13(8-6-12)14(17)15-9-10-16/h3-8,11,16H,9-10H2,1-2H3,(H,15,17). The summed E-state index contributed by atoms with van der Waals surface area (Å²) < 4.78 is 0. The van der Waals surface area contributed by atoms with Crippen molar-refractivity contribution in [2.45, 2.75) is 13.8 Å². The molecule has 3 nitrogen and oxygen atoms in total. The Morgan fingerprint density at radius 1 is 1.35 bits per heavy atom. The van der Waals surface area contributed by atoms with Gasteiger partial charge in [-0.15, -0.1) is 0 Å². The second-order valence-corrected chi connectivity index (χ2v) is 4.20. The maximum absolute atomic E-state index is 11.5. The lowest BCUT2D eigenvalue weighted by atomic mass is 10.1. The third-order valence-electron chi connectivity index (χ3n) is 2.24. The van der Waals surface area contributed by atoms with E-state index in [1.54, 1.807) is 12.1 Å². The van der Waals surface area contributed by atoms with Gasteiger partial charge in [-0.2, -0.15) is 0 Å². The van der Waals surface area contributed by atoms with E-state index < -0.39 is 0 Å². The van der Waals surface area contributed by atoms with E-state index in [1.165, 1.54) is 0 Å². The summed E-state index contributed by atoms with van der Waals surface area (Å²) in [4.78, 5) is 11.5. The highest BCUT2D eigenvalue weighted by atomic mass is 16.3. The molecule has 3 heteroatoms. The van der Waals surface area contributed by atoms with Gasteiger partial charge >= 0.3 is 0 Å². The Morgan fingerprint density at radius 3 is 2.53 bits per heavy atom. The Hall–Kier alpha value is -1.61. The SMILES string of the molecule is CC(C)C=Cc1ccc(C(=O)NCCO)cc1. The number of hydrogen-bond acceptors (Lipinski definition) is 2. The number of carbonyl (C=O) groups excluding carboxylic acids is 1. The smallest absolute Gasteiger partial charge is 0.251 e. The van der Waals surface area contributed by atoms with E-state index >= 15 is 0 Å². The van der Waals surface area contributed by atoms with Gasteiger partial charge in [0.2, 0.25) is 0 Å². The summed E-state index contributed by atoms with van der Waals surface area (Å²) in [5.41, 5.74) is 1.69. The van der Waals surface area contributed by atoms with Gasteiger partial charge in [-0.25, -0.2) is 0 Å². The van der Waals surface area contributed by atoms with Crippen molar-refractivity contribution in [2.24, 2.45) is 5.92 Å². The lowest BCUT2D eigenvalue weighted by Gasteiger charge is -2.03. The molecule has 1 rings (SSSR count). The molecule has 1 aromatic carbocycles. The fourth-order valence-electron chi connectivity index (χ4n) is 1.32. The molecular weight excluding hydrogens is 214 g/mol. The van der Waals surface area contributed by atoms with Gasteiger partial charge in [0.1, 0.15) is 0 Å². The second kappa shape index (κ2) is 6.86. The maximum atomic E-state index is 11.5. The van der Waals surface area contributed by atoms with Crippen molar-refractivity contribution < 1.29 is 9.90 Å². The van der Waals surface area contributed by atoms with Crippen molar-refractivity contribution in [3.05, 3.63) is 41.5 Å². The molecule has 0 radical (unpaired) electrons. The second-order valence-electron chi connectivity index (χ2n) is 4.20. The third kappa shape index (κ3) is 4.83. The average Bonchev–Trinajstić information content (AvgIpc) is 2.34. The van der Waals surface area contributed by atoms with Crippen LogP contribution in [0.1, 0.15) is 29.8 Å². The number of aliphatic hydroxyl groups excluding tert-OH is 1. The van der Waals surface area contributed by atoms with E-state index in [9.17, 15) is 4.79 Å². The zero-order valence-electron chi connectivity index (χ0n) is 10.3. The van der Waals surface area contributed by atoms with Crippen LogP contribution in [-0.2, 0) is 0 Å². The molecule has 1 amide bonds. The van der Waals surface area contributed by atoms with Crippen molar-refractivity contribution in [1.29, 1.82) is 0 Å². The minimum absolute atomic E-state index is 0.0407. The monoisotopic (exact) mass is 233 g/mol. The van der Waals surface area contributed by atoms with Gasteiger partial charge in [0.05, 0.1) is 6.61 Å². The molecule has 92 valence electrons. The Bertz CT molecular complexity index is 380. The molecule has 0 aliphatic heterocycles. The molecule has 0 saturated heterocycles. The molecule has 0 aliphatic carbocycles. The Kier molecular flexibility index (Phi) is 5.43. The molecule has 0 unspecified atom stereocenters. The Labute approximate surface area is 102 Å². The van der Waals surface area contributed by atoms with Crippen LogP contribution in [0.25, 0.3) is 6.08 Å². The normalized spacial score (nSPS) is 11.1. The lowest BCUT2D eigenvalue weighted by molar-refractivity contribution is 0.0945. The van der Waals surface area contributed by atoms with Gasteiger partial charge in [0.25, 0.3) is 5.91 Å². The molecule has 2 N–H and O–H groups in total. The van der Waals surface area contributed by atoms with Crippen molar-refractivity contribution in [3.8, 4) is 0 Å². The van der Waals surface area contributed by atoms with Crippen molar-refractivity contribution >= 4 is 12.0 Å². The summed E-state index contributed by atoms with van der Waals surface area (Å²) in [7, 11) is 0. The van der Waals surface area contributed by atoms with Crippen molar-refractivity contribution in [2.75, 3.05) is 13.2 Å². The fraction of sp³-hybridized carbons (Fsp3) is 0.357. The summed E-state index contributed by atoms with van der Waals surface area (Å²) in [5.74, 6) is 0.362. The van der Waals surface area contributed by atoms with Gasteiger partial charge < -0.3 is 10.4 Å². The van der Waals surface area contributed by atoms with Crippen LogP contribution in [0.4, 0.5) is 0 Å². The first kappa shape index (κ1) is 13.5. The highest BCUT2D eigenvalue weighted by Gasteiger charge is 2.03. The molecule has 0 aromatic heterocycles. The molecular formula is C14H19NO2. The van der Waals surface area contributed by atoms with Gasteiger partial charge in [0, 0.05) is 12.1 Å². The lowest BCUT2D eigenvalue weighted by Crippen LogP contribution is -2.26. The molecule has 0 fully saturated rings. The summed E-state index contributed by atoms with van der Waals surface area (Å²) >= 11 is 0. The molecule has 0 aliphatic rings. The zero-order valence-corrected chi connectivity index (χ0v) is 10.3. The molecule has 0 atom stereocenters. The van der Waals surface area contributed by atoms with Crippen LogP contribution in [0.3, 0.4) is 0 Å². The molecule has 1 aromatic rings. The Balaban J connectivity index is 2.64. The van der Waals surface area contributed by atoms with Gasteiger partial charge in [-0.05, 0) is 23.6 Å². The highest BCUT2D eigenvalue weighted by Crippen LogP contribution is 2.08. The van der Waals surface area contributed by atoms with Crippen LogP contribution in [0.15, 0.2) is 30.3 Å². The number of rotatable bonds is 5. The van der Waals surface area contributed by atoms with Crippen LogP contribution < -0.4 is 5.32 Å². The number of nitrogens with one attached hydrogen (secondary N) is 1. The predicted molar refractivity (Wildman–Crippen MR) is 69.7 cm³/mol. The summed E-state index contributed by atoms with van der Waals surface area (Å²) in [6, 6.07) is 7.39. The van der Waals surface area contributed by atoms with Crippen molar-refractivity contribution in [1.82, 2.24) is 5.32 Å². The minimum Gasteiger partial charge on any atom is -0.395 e. The Morgan fingerprint density at radius 2 is 2.00 bits per heavy atom. The topological polar surface area (TPSA) is 49.3 Å². The molecule has 17 heavy (non-hydrogen) atoms. The maximum Gasteiger partial charge on any atom is 0.251 e. The van der Waals surface area contributed by atoms with Gasteiger partial charge in [-0.3, -0.25) is 4.79 Å². The largest absolute Gasteiger partial charge is 0.395 e. The molecule has 0 spiro atoms. The number of aliphatic hydroxyl groups is 1. The average molecular weight is 233 g/mol. The van der Waals surface area contributed by atoms with E-state index in [-0.39, 0.29) is 19.1 Å². The fourth-order valence-corrected chi connectivity index (χ4v) is 1.32. The number of allylic oxidation sites excluding steroid dienone is 1. The first-order valence-electron chi connectivity index (χ1n) is 5.81. The summed E-state index contributed by atoms with van der Waals surface area (Å²) in [6.07, 6.45) is 4.15. The van der Waals surface area contributed by atoms with Crippen LogP contribution in [0.2, 0.25) is 0 Å². The van der Waals surface area contributed by atoms with E-state index in [0.717, 1.165) is 5.56 Å². The number of amides is 1. The van der Waals surface area contributed by atoms with E-state index in [1.807, 2.05) is 18.2 Å². The first-order valence-corrected chi connectivity index (χ1v) is 5.81. The van der Waals surface area contributed by atoms with Gasteiger partial charge in [-0.1, -0.05) is 38.1 Å². The minimum atomic E-state index is -0.154. The summed E-state index contributed by atoms with van der Waals surface area (Å²) in [5, 5.41) is 11.2.